The Hall–Kier alpha value is -2.78. The molecule has 0 fully saturated rings. The number of carbonyl (C=O) groups is 1. The number of amides is 1. The first-order valence-electron chi connectivity index (χ1n) is 7.38. The standard InChI is InChI=1S/C16H17N3O5S/c1-12(20)18-14-4-8-16(9-5-14)25(23,24)17-11-10-13-2-6-15(7-3-13)19(21)22/h2-9,17H,10-11H2,1H3,(H,18,20). The molecule has 0 aliphatic heterocycles. The second-order valence-corrected chi connectivity index (χ2v) is 7.04. The van der Waals surface area contributed by atoms with E-state index in [1.807, 2.05) is 0 Å². The molecule has 9 heteroatoms. The lowest BCUT2D eigenvalue weighted by Gasteiger charge is -2.08. The number of anilines is 1. The zero-order chi connectivity index (χ0) is 18.4. The quantitative estimate of drug-likeness (QED) is 0.577. The molecule has 8 nitrogen and oxygen atoms in total. The number of sulfonamides is 1. The van der Waals surface area contributed by atoms with Crippen LogP contribution in [0, 0.1) is 10.1 Å². The lowest BCUT2D eigenvalue weighted by molar-refractivity contribution is -0.384. The monoisotopic (exact) mass is 363 g/mol. The van der Waals surface area contributed by atoms with Crippen LogP contribution in [-0.4, -0.2) is 25.8 Å². The van der Waals surface area contributed by atoms with E-state index in [0.717, 1.165) is 5.56 Å². The topological polar surface area (TPSA) is 118 Å². The number of hydrogen-bond donors (Lipinski definition) is 2. The summed E-state index contributed by atoms with van der Waals surface area (Å²) in [5.74, 6) is -0.239. The second kappa shape index (κ2) is 7.86. The summed E-state index contributed by atoms with van der Waals surface area (Å²) in [6.07, 6.45) is 0.404. The number of rotatable bonds is 7. The Kier molecular flexibility index (Phi) is 5.84. The molecule has 0 saturated heterocycles. The van der Waals surface area contributed by atoms with Gasteiger partial charge in [-0.05, 0) is 36.2 Å². The van der Waals surface area contributed by atoms with Crippen molar-refractivity contribution < 1.29 is 18.1 Å². The lowest BCUT2D eigenvalue weighted by atomic mass is 10.1. The molecule has 0 aliphatic rings. The summed E-state index contributed by atoms with van der Waals surface area (Å²) in [4.78, 5) is 21.1. The van der Waals surface area contributed by atoms with E-state index < -0.39 is 14.9 Å². The highest BCUT2D eigenvalue weighted by atomic mass is 32.2. The summed E-state index contributed by atoms with van der Waals surface area (Å²) in [7, 11) is -3.67. The molecular weight excluding hydrogens is 346 g/mol. The van der Waals surface area contributed by atoms with E-state index in [-0.39, 0.29) is 23.0 Å². The molecule has 2 N–H and O–H groups in total. The molecule has 132 valence electrons. The molecule has 2 aromatic rings. The van der Waals surface area contributed by atoms with Crippen LogP contribution in [0.25, 0.3) is 0 Å². The highest BCUT2D eigenvalue weighted by Crippen LogP contribution is 2.15. The number of nitrogens with one attached hydrogen (secondary N) is 2. The molecule has 0 heterocycles. The van der Waals surface area contributed by atoms with Gasteiger partial charge in [0.15, 0.2) is 0 Å². The fraction of sp³-hybridized carbons (Fsp3) is 0.188. The molecule has 25 heavy (non-hydrogen) atoms. The van der Waals surface area contributed by atoms with Gasteiger partial charge in [-0.1, -0.05) is 12.1 Å². The minimum absolute atomic E-state index is 0.0106. The first kappa shape index (κ1) is 18.6. The molecule has 1 amide bonds. The van der Waals surface area contributed by atoms with E-state index in [4.69, 9.17) is 0 Å². The van der Waals surface area contributed by atoms with E-state index in [9.17, 15) is 23.3 Å². The number of nitrogens with zero attached hydrogens (tertiary/aromatic N) is 1. The number of non-ortho nitro benzene ring substituents is 1. The molecule has 0 aliphatic carbocycles. The Bertz CT molecular complexity index is 862. The Labute approximate surface area is 145 Å². The largest absolute Gasteiger partial charge is 0.326 e. The summed E-state index contributed by atoms with van der Waals surface area (Å²) in [6.45, 7) is 1.53. The van der Waals surface area contributed by atoms with Crippen LogP contribution in [0.3, 0.4) is 0 Å². The number of hydrogen-bond acceptors (Lipinski definition) is 5. The van der Waals surface area contributed by atoms with Gasteiger partial charge in [0.1, 0.15) is 0 Å². The zero-order valence-electron chi connectivity index (χ0n) is 13.4. The normalized spacial score (nSPS) is 11.1. The zero-order valence-corrected chi connectivity index (χ0v) is 14.2. The van der Waals surface area contributed by atoms with Gasteiger partial charge in [-0.15, -0.1) is 0 Å². The highest BCUT2D eigenvalue weighted by Gasteiger charge is 2.13. The molecule has 0 bridgehead atoms. The van der Waals surface area contributed by atoms with E-state index in [1.54, 1.807) is 12.1 Å². The van der Waals surface area contributed by atoms with E-state index >= 15 is 0 Å². The van der Waals surface area contributed by atoms with Crippen LogP contribution in [0.4, 0.5) is 11.4 Å². The van der Waals surface area contributed by atoms with Crippen molar-refractivity contribution in [3.8, 4) is 0 Å². The van der Waals surface area contributed by atoms with Crippen molar-refractivity contribution in [2.75, 3.05) is 11.9 Å². The van der Waals surface area contributed by atoms with E-state index in [1.165, 1.54) is 43.3 Å². The van der Waals surface area contributed by atoms with Crippen LogP contribution in [0.2, 0.25) is 0 Å². The highest BCUT2D eigenvalue weighted by molar-refractivity contribution is 7.89. The average molecular weight is 363 g/mol. The summed E-state index contributed by atoms with van der Waals surface area (Å²) in [5, 5.41) is 13.1. The second-order valence-electron chi connectivity index (χ2n) is 5.28. The van der Waals surface area contributed by atoms with Gasteiger partial charge in [-0.2, -0.15) is 0 Å². The molecule has 0 atom stereocenters. The fourth-order valence-electron chi connectivity index (χ4n) is 2.12. The Balaban J connectivity index is 1.94. The lowest BCUT2D eigenvalue weighted by Crippen LogP contribution is -2.26. The predicted octanol–water partition coefficient (Wildman–Crippen LogP) is 2.07. The minimum atomic E-state index is -3.67. The number of benzene rings is 2. The summed E-state index contributed by atoms with van der Waals surface area (Å²) in [6, 6.07) is 11.8. The van der Waals surface area contributed by atoms with Gasteiger partial charge in [0.05, 0.1) is 9.82 Å². The van der Waals surface area contributed by atoms with Gasteiger partial charge in [0.25, 0.3) is 5.69 Å². The summed E-state index contributed by atoms with van der Waals surface area (Å²) >= 11 is 0. The predicted molar refractivity (Wildman–Crippen MR) is 92.7 cm³/mol. The molecular formula is C16H17N3O5S. The van der Waals surface area contributed by atoms with E-state index in [0.29, 0.717) is 12.1 Å². The number of nitro groups is 1. The average Bonchev–Trinajstić information content (AvgIpc) is 2.55. The Morgan fingerprint density at radius 3 is 2.20 bits per heavy atom. The molecule has 0 aromatic heterocycles. The minimum Gasteiger partial charge on any atom is -0.326 e. The maximum atomic E-state index is 12.2. The van der Waals surface area contributed by atoms with Crippen molar-refractivity contribution in [3.05, 3.63) is 64.2 Å². The molecule has 2 rings (SSSR count). The maximum absolute atomic E-state index is 12.2. The van der Waals surface area contributed by atoms with Gasteiger partial charge >= 0.3 is 0 Å². The van der Waals surface area contributed by atoms with Gasteiger partial charge < -0.3 is 5.32 Å². The molecule has 2 aromatic carbocycles. The van der Waals surface area contributed by atoms with Crippen LogP contribution in [0.15, 0.2) is 53.4 Å². The maximum Gasteiger partial charge on any atom is 0.269 e. The van der Waals surface area contributed by atoms with Crippen molar-refractivity contribution in [1.82, 2.24) is 4.72 Å². The number of nitro benzene ring substituents is 1. The molecule has 0 saturated carbocycles. The first-order valence-corrected chi connectivity index (χ1v) is 8.87. The van der Waals surface area contributed by atoms with E-state index in [2.05, 4.69) is 10.0 Å². The molecule has 0 unspecified atom stereocenters. The SMILES string of the molecule is CC(=O)Nc1ccc(S(=O)(=O)NCCc2ccc([N+](=O)[O-])cc2)cc1. The summed E-state index contributed by atoms with van der Waals surface area (Å²) < 4.78 is 26.9. The van der Waals surface area contributed by atoms with Gasteiger partial charge in [-0.3, -0.25) is 14.9 Å². The molecule has 0 spiro atoms. The third-order valence-electron chi connectivity index (χ3n) is 3.34. The van der Waals surface area contributed by atoms with Crippen LogP contribution in [-0.2, 0) is 21.2 Å². The van der Waals surface area contributed by atoms with Crippen LogP contribution >= 0.6 is 0 Å². The third kappa shape index (κ3) is 5.37. The summed E-state index contributed by atoms with van der Waals surface area (Å²) in [5.41, 5.74) is 1.29. The van der Waals surface area contributed by atoms with Crippen molar-refractivity contribution in [3.63, 3.8) is 0 Å². The van der Waals surface area contributed by atoms with Crippen LogP contribution < -0.4 is 10.0 Å². The Morgan fingerprint density at radius 1 is 1.08 bits per heavy atom. The van der Waals surface area contributed by atoms with Crippen molar-refractivity contribution in [2.24, 2.45) is 0 Å². The van der Waals surface area contributed by atoms with Crippen molar-refractivity contribution in [2.45, 2.75) is 18.2 Å². The number of carbonyl (C=O) groups excluding carboxylic acids is 1. The smallest absolute Gasteiger partial charge is 0.269 e. The van der Waals surface area contributed by atoms with Crippen LogP contribution in [0.5, 0.6) is 0 Å². The van der Waals surface area contributed by atoms with Crippen molar-refractivity contribution in [1.29, 1.82) is 0 Å². The fourth-order valence-corrected chi connectivity index (χ4v) is 3.15. The van der Waals surface area contributed by atoms with Gasteiger partial charge in [-0.25, -0.2) is 13.1 Å². The molecule has 0 radical (unpaired) electrons. The van der Waals surface area contributed by atoms with Crippen LogP contribution in [0.1, 0.15) is 12.5 Å². The van der Waals surface area contributed by atoms with Gasteiger partial charge in [0.2, 0.25) is 15.9 Å². The van der Waals surface area contributed by atoms with Gasteiger partial charge in [0, 0.05) is 31.3 Å². The van der Waals surface area contributed by atoms with Crippen molar-refractivity contribution >= 4 is 27.3 Å². The Morgan fingerprint density at radius 2 is 1.68 bits per heavy atom. The first-order chi connectivity index (χ1) is 11.8. The third-order valence-corrected chi connectivity index (χ3v) is 4.81.